The summed E-state index contributed by atoms with van der Waals surface area (Å²) < 4.78 is 0. The zero-order valence-electron chi connectivity index (χ0n) is 9.66. The van der Waals surface area contributed by atoms with Gasteiger partial charge in [0.05, 0.1) is 12.5 Å². The van der Waals surface area contributed by atoms with Crippen molar-refractivity contribution in [1.82, 2.24) is 10.3 Å². The van der Waals surface area contributed by atoms with E-state index < -0.39 is 0 Å². The Balaban J connectivity index is 1.91. The summed E-state index contributed by atoms with van der Waals surface area (Å²) in [6, 6.07) is 0.0618. The molecule has 4 heteroatoms. The smallest absolute Gasteiger partial charge is 0.156 e. The van der Waals surface area contributed by atoms with Crippen LogP contribution >= 0.6 is 11.3 Å². The third kappa shape index (κ3) is 3.12. The van der Waals surface area contributed by atoms with Crippen LogP contribution < -0.4 is 5.32 Å². The molecule has 0 aliphatic carbocycles. The van der Waals surface area contributed by atoms with Crippen LogP contribution in [0, 0.1) is 6.92 Å². The number of nitrogens with zero attached hydrogens (tertiary/aromatic N) is 1. The molecule has 2 heterocycles. The van der Waals surface area contributed by atoms with Crippen LogP contribution in [0.5, 0.6) is 0 Å². The standard InChI is InChI=1S/C12H18N2OS/c1-9-8-16-12(14-9)7-11(15)10-5-3-2-4-6-13-10/h8,10,13H,2-7H2,1H3. The van der Waals surface area contributed by atoms with E-state index in [9.17, 15) is 4.79 Å². The fraction of sp³-hybridized carbons (Fsp3) is 0.667. The molecule has 1 saturated heterocycles. The Morgan fingerprint density at radius 1 is 1.56 bits per heavy atom. The van der Waals surface area contributed by atoms with E-state index in [2.05, 4.69) is 10.3 Å². The second-order valence-corrected chi connectivity index (χ2v) is 5.32. The third-order valence-electron chi connectivity index (χ3n) is 2.94. The predicted molar refractivity (Wildman–Crippen MR) is 65.8 cm³/mol. The van der Waals surface area contributed by atoms with Crippen LogP contribution in [0.2, 0.25) is 0 Å². The summed E-state index contributed by atoms with van der Waals surface area (Å²) in [4.78, 5) is 16.4. The van der Waals surface area contributed by atoms with E-state index in [0.717, 1.165) is 23.7 Å². The van der Waals surface area contributed by atoms with Crippen LogP contribution in [0.15, 0.2) is 5.38 Å². The summed E-state index contributed by atoms with van der Waals surface area (Å²) in [5.74, 6) is 0.302. The topological polar surface area (TPSA) is 42.0 Å². The minimum atomic E-state index is 0.0618. The van der Waals surface area contributed by atoms with Crippen LogP contribution in [-0.2, 0) is 11.2 Å². The zero-order valence-corrected chi connectivity index (χ0v) is 10.5. The van der Waals surface area contributed by atoms with Crippen LogP contribution in [0.3, 0.4) is 0 Å². The number of ketones is 1. The summed E-state index contributed by atoms with van der Waals surface area (Å²) in [5.41, 5.74) is 1.02. The second-order valence-electron chi connectivity index (χ2n) is 4.38. The normalized spacial score (nSPS) is 21.7. The first kappa shape index (κ1) is 11.7. The van der Waals surface area contributed by atoms with E-state index in [0.29, 0.717) is 12.2 Å². The molecular formula is C12H18N2OS. The van der Waals surface area contributed by atoms with Crippen molar-refractivity contribution < 1.29 is 4.79 Å². The quantitative estimate of drug-likeness (QED) is 0.877. The third-order valence-corrected chi connectivity index (χ3v) is 3.91. The Morgan fingerprint density at radius 2 is 2.44 bits per heavy atom. The average molecular weight is 238 g/mol. The number of hydrogen-bond donors (Lipinski definition) is 1. The Kier molecular flexibility index (Phi) is 4.07. The zero-order chi connectivity index (χ0) is 11.4. The van der Waals surface area contributed by atoms with Gasteiger partial charge in [-0.15, -0.1) is 11.3 Å². The first-order valence-corrected chi connectivity index (χ1v) is 6.81. The number of aromatic nitrogens is 1. The van der Waals surface area contributed by atoms with Gasteiger partial charge in [-0.05, 0) is 26.3 Å². The Morgan fingerprint density at radius 3 is 3.19 bits per heavy atom. The van der Waals surface area contributed by atoms with E-state index in [4.69, 9.17) is 0 Å². The molecule has 0 saturated carbocycles. The van der Waals surface area contributed by atoms with Gasteiger partial charge in [0.2, 0.25) is 0 Å². The first-order chi connectivity index (χ1) is 7.75. The molecule has 88 valence electrons. The van der Waals surface area contributed by atoms with E-state index in [-0.39, 0.29) is 6.04 Å². The largest absolute Gasteiger partial charge is 0.307 e. The van der Waals surface area contributed by atoms with Gasteiger partial charge in [0, 0.05) is 11.1 Å². The maximum absolute atomic E-state index is 12.0. The lowest BCUT2D eigenvalue weighted by atomic mass is 10.0. The van der Waals surface area contributed by atoms with Gasteiger partial charge >= 0.3 is 0 Å². The number of nitrogens with one attached hydrogen (secondary N) is 1. The van der Waals surface area contributed by atoms with Crippen molar-refractivity contribution in [2.24, 2.45) is 0 Å². The molecule has 1 N–H and O–H groups in total. The highest BCUT2D eigenvalue weighted by Gasteiger charge is 2.20. The molecule has 1 aromatic heterocycles. The van der Waals surface area contributed by atoms with Gasteiger partial charge in [-0.25, -0.2) is 4.98 Å². The highest BCUT2D eigenvalue weighted by atomic mass is 32.1. The molecule has 1 aliphatic rings. The SMILES string of the molecule is Cc1csc(CC(=O)C2CCCCCN2)n1. The van der Waals surface area contributed by atoms with Crippen molar-refractivity contribution in [3.05, 3.63) is 16.1 Å². The van der Waals surface area contributed by atoms with Gasteiger partial charge in [0.1, 0.15) is 5.01 Å². The van der Waals surface area contributed by atoms with Crippen molar-refractivity contribution in [2.45, 2.75) is 45.1 Å². The number of rotatable bonds is 3. The number of carbonyl (C=O) groups is 1. The van der Waals surface area contributed by atoms with Crippen LogP contribution in [0.1, 0.15) is 36.4 Å². The van der Waals surface area contributed by atoms with E-state index >= 15 is 0 Å². The first-order valence-electron chi connectivity index (χ1n) is 5.93. The molecule has 1 atom stereocenters. The molecule has 0 spiro atoms. The van der Waals surface area contributed by atoms with Gasteiger partial charge in [0.15, 0.2) is 5.78 Å². The van der Waals surface area contributed by atoms with Crippen molar-refractivity contribution in [3.8, 4) is 0 Å². The lowest BCUT2D eigenvalue weighted by molar-refractivity contribution is -0.120. The summed E-state index contributed by atoms with van der Waals surface area (Å²) in [5, 5.41) is 6.29. The molecule has 0 radical (unpaired) electrons. The minimum absolute atomic E-state index is 0.0618. The molecule has 0 amide bonds. The minimum Gasteiger partial charge on any atom is -0.307 e. The Labute approximate surface area is 100 Å². The summed E-state index contributed by atoms with van der Waals surface area (Å²) in [7, 11) is 0. The number of carbonyl (C=O) groups excluding carboxylic acids is 1. The summed E-state index contributed by atoms with van der Waals surface area (Å²) in [6.07, 6.45) is 5.09. The van der Waals surface area contributed by atoms with Crippen molar-refractivity contribution in [3.63, 3.8) is 0 Å². The molecule has 1 unspecified atom stereocenters. The number of Topliss-reactive ketones (excluding diaryl/α,β-unsaturated/α-hetero) is 1. The van der Waals surface area contributed by atoms with Crippen molar-refractivity contribution in [1.29, 1.82) is 0 Å². The molecule has 1 fully saturated rings. The van der Waals surface area contributed by atoms with E-state index in [1.165, 1.54) is 19.3 Å². The highest BCUT2D eigenvalue weighted by molar-refractivity contribution is 7.09. The van der Waals surface area contributed by atoms with E-state index in [1.54, 1.807) is 11.3 Å². The van der Waals surface area contributed by atoms with Gasteiger partial charge in [0.25, 0.3) is 0 Å². The molecule has 2 rings (SSSR count). The Hall–Kier alpha value is -0.740. The molecule has 16 heavy (non-hydrogen) atoms. The maximum atomic E-state index is 12.0. The van der Waals surface area contributed by atoms with Gasteiger partial charge < -0.3 is 5.32 Å². The molecule has 0 bridgehead atoms. The second kappa shape index (κ2) is 5.55. The summed E-state index contributed by atoms with van der Waals surface area (Å²) >= 11 is 1.59. The number of thiazole rings is 1. The molecule has 0 aromatic carbocycles. The Bertz CT molecular complexity index is 354. The van der Waals surface area contributed by atoms with Gasteiger partial charge in [-0.3, -0.25) is 4.79 Å². The molecule has 1 aliphatic heterocycles. The van der Waals surface area contributed by atoms with E-state index in [1.807, 2.05) is 12.3 Å². The lowest BCUT2D eigenvalue weighted by Crippen LogP contribution is -2.36. The average Bonchev–Trinajstić information content (AvgIpc) is 2.56. The summed E-state index contributed by atoms with van der Waals surface area (Å²) in [6.45, 7) is 2.95. The van der Waals surface area contributed by atoms with Crippen LogP contribution in [0.25, 0.3) is 0 Å². The highest BCUT2D eigenvalue weighted by Crippen LogP contribution is 2.14. The number of hydrogen-bond acceptors (Lipinski definition) is 4. The lowest BCUT2D eigenvalue weighted by Gasteiger charge is -2.13. The maximum Gasteiger partial charge on any atom is 0.156 e. The fourth-order valence-corrected chi connectivity index (χ4v) is 2.84. The number of aryl methyl sites for hydroxylation is 1. The van der Waals surface area contributed by atoms with Crippen molar-refractivity contribution >= 4 is 17.1 Å². The molecule has 1 aromatic rings. The monoisotopic (exact) mass is 238 g/mol. The fourth-order valence-electron chi connectivity index (χ4n) is 2.06. The van der Waals surface area contributed by atoms with Crippen LogP contribution in [0.4, 0.5) is 0 Å². The van der Waals surface area contributed by atoms with Crippen LogP contribution in [-0.4, -0.2) is 23.4 Å². The van der Waals surface area contributed by atoms with Gasteiger partial charge in [-0.1, -0.05) is 12.8 Å². The molecular weight excluding hydrogens is 220 g/mol. The molecule has 3 nitrogen and oxygen atoms in total. The van der Waals surface area contributed by atoms with Gasteiger partial charge in [-0.2, -0.15) is 0 Å². The van der Waals surface area contributed by atoms with Crippen molar-refractivity contribution in [2.75, 3.05) is 6.54 Å². The predicted octanol–water partition coefficient (Wildman–Crippen LogP) is 2.10.